The molecule has 1 aliphatic heterocycles. The molecule has 1 unspecified atom stereocenters. The van der Waals surface area contributed by atoms with Crippen molar-refractivity contribution in [2.45, 2.75) is 19.3 Å². The Morgan fingerprint density at radius 3 is 2.28 bits per heavy atom. The molecule has 3 N–H and O–H groups in total. The number of nitrogens with two attached hydrogens (primary N) is 1. The maximum absolute atomic E-state index is 13.1. The van der Waals surface area contributed by atoms with Gasteiger partial charge in [-0.2, -0.15) is 5.26 Å². The number of carbonyl (C=O) groups is 3. The number of hydrogen-bond donors (Lipinski definition) is 2. The number of amides is 1. The fourth-order valence-corrected chi connectivity index (χ4v) is 3.95. The molecule has 10 heteroatoms. The van der Waals surface area contributed by atoms with E-state index in [4.69, 9.17) is 19.9 Å². The molecule has 0 aliphatic carbocycles. The van der Waals surface area contributed by atoms with Gasteiger partial charge in [-0.15, -0.1) is 0 Å². The first kappa shape index (κ1) is 25.8. The zero-order valence-electron chi connectivity index (χ0n) is 20.3. The number of benzene rings is 2. The predicted octanol–water partition coefficient (Wildman–Crippen LogP) is 2.94. The summed E-state index contributed by atoms with van der Waals surface area (Å²) in [6.45, 7) is 1.70. The maximum atomic E-state index is 13.1. The van der Waals surface area contributed by atoms with Crippen LogP contribution in [0.3, 0.4) is 0 Å². The number of methoxy groups -OCH3 is 3. The fraction of sp³-hybridized carbons (Fsp3) is 0.231. The number of nitrogens with one attached hydrogen (secondary N) is 1. The largest absolute Gasteiger partial charge is 0.495 e. The highest BCUT2D eigenvalue weighted by molar-refractivity contribution is 6.06. The Kier molecular flexibility index (Phi) is 7.96. The van der Waals surface area contributed by atoms with Gasteiger partial charge < -0.3 is 25.3 Å². The minimum Gasteiger partial charge on any atom is -0.495 e. The number of allylic oxidation sites excluding steroid dienone is 1. The van der Waals surface area contributed by atoms with Gasteiger partial charge in [0.1, 0.15) is 17.3 Å². The van der Waals surface area contributed by atoms with Crippen LogP contribution in [0.1, 0.15) is 24.8 Å². The molecule has 0 bridgehead atoms. The third kappa shape index (κ3) is 4.72. The van der Waals surface area contributed by atoms with Crippen molar-refractivity contribution in [1.29, 1.82) is 5.26 Å². The average Bonchev–Trinajstić information content (AvgIpc) is 2.91. The van der Waals surface area contributed by atoms with Crippen LogP contribution in [0.15, 0.2) is 71.2 Å². The van der Waals surface area contributed by atoms with Gasteiger partial charge in [0.25, 0.3) is 0 Å². The van der Waals surface area contributed by atoms with E-state index in [1.54, 1.807) is 49.4 Å². The third-order valence-electron chi connectivity index (χ3n) is 5.65. The van der Waals surface area contributed by atoms with E-state index < -0.39 is 17.9 Å². The minimum absolute atomic E-state index is 0.0317. The molecule has 0 spiro atoms. The topological polar surface area (TPSA) is 144 Å². The zero-order valence-corrected chi connectivity index (χ0v) is 20.3. The smallest absolute Gasteiger partial charge is 0.355 e. The quantitative estimate of drug-likeness (QED) is 0.560. The summed E-state index contributed by atoms with van der Waals surface area (Å²) in [7, 11) is 3.79. The van der Waals surface area contributed by atoms with Crippen LogP contribution in [0.2, 0.25) is 0 Å². The van der Waals surface area contributed by atoms with Gasteiger partial charge in [-0.05, 0) is 23.8 Å². The molecule has 3 rings (SSSR count). The lowest BCUT2D eigenvalue weighted by Gasteiger charge is -2.36. The second kappa shape index (κ2) is 11.1. The number of carbonyl (C=O) groups excluding carboxylic acids is 3. The number of nitriles is 1. The van der Waals surface area contributed by atoms with Gasteiger partial charge in [-0.3, -0.25) is 9.69 Å². The van der Waals surface area contributed by atoms with Crippen LogP contribution in [0.25, 0.3) is 0 Å². The van der Waals surface area contributed by atoms with E-state index in [1.807, 2.05) is 0 Å². The summed E-state index contributed by atoms with van der Waals surface area (Å²) < 4.78 is 15.4. The van der Waals surface area contributed by atoms with E-state index in [1.165, 1.54) is 32.3 Å². The number of ether oxygens (including phenoxy) is 3. The summed E-state index contributed by atoms with van der Waals surface area (Å²) in [4.78, 5) is 39.6. The molecule has 2 aromatic carbocycles. The van der Waals surface area contributed by atoms with Crippen molar-refractivity contribution in [2.24, 2.45) is 5.73 Å². The van der Waals surface area contributed by atoms with Crippen LogP contribution < -0.4 is 20.7 Å². The SMILES string of the molecule is CCC(=O)Nc1cc(N2C(N)=C(C#N)C(c3ccccc3)C(C(=O)OC)=C2C(=O)OC)ccc1OC. The zero-order chi connectivity index (χ0) is 26.4. The van der Waals surface area contributed by atoms with Gasteiger partial charge in [0.2, 0.25) is 5.91 Å². The van der Waals surface area contributed by atoms with Crippen molar-refractivity contribution in [3.63, 3.8) is 0 Å². The standard InChI is InChI=1S/C26H26N4O6/c1-5-20(31)29-18-13-16(11-12-19(18)34-2)30-23(26(33)36-4)22(25(32)35-3)21(17(14-27)24(30)28)15-9-7-6-8-10-15/h6-13,21H,5,28H2,1-4H3,(H,29,31). The molecule has 0 saturated carbocycles. The Balaban J connectivity index is 2.37. The van der Waals surface area contributed by atoms with E-state index in [2.05, 4.69) is 11.4 Å². The summed E-state index contributed by atoms with van der Waals surface area (Å²) >= 11 is 0. The predicted molar refractivity (Wildman–Crippen MR) is 131 cm³/mol. The summed E-state index contributed by atoms with van der Waals surface area (Å²) in [5.41, 5.74) is 7.35. The number of anilines is 2. The van der Waals surface area contributed by atoms with Crippen molar-refractivity contribution in [3.8, 4) is 11.8 Å². The molecule has 186 valence electrons. The monoisotopic (exact) mass is 490 g/mol. The highest BCUT2D eigenvalue weighted by Crippen LogP contribution is 2.44. The molecule has 0 radical (unpaired) electrons. The summed E-state index contributed by atoms with van der Waals surface area (Å²) in [6, 6.07) is 15.5. The van der Waals surface area contributed by atoms with Crippen LogP contribution >= 0.6 is 0 Å². The minimum atomic E-state index is -0.980. The Morgan fingerprint density at radius 2 is 1.72 bits per heavy atom. The second-order valence-electron chi connectivity index (χ2n) is 7.62. The summed E-state index contributed by atoms with van der Waals surface area (Å²) in [6.07, 6.45) is 0.219. The molecule has 0 saturated heterocycles. The number of nitrogens with zero attached hydrogens (tertiary/aromatic N) is 2. The molecule has 1 heterocycles. The lowest BCUT2D eigenvalue weighted by molar-refractivity contribution is -0.139. The van der Waals surface area contributed by atoms with E-state index in [0.717, 1.165) is 0 Å². The molecule has 0 aromatic heterocycles. The molecule has 1 aliphatic rings. The second-order valence-corrected chi connectivity index (χ2v) is 7.62. The van der Waals surface area contributed by atoms with Gasteiger partial charge in [-0.1, -0.05) is 37.3 Å². The van der Waals surface area contributed by atoms with Gasteiger partial charge in [-0.25, -0.2) is 9.59 Å². The highest BCUT2D eigenvalue weighted by atomic mass is 16.5. The van der Waals surface area contributed by atoms with Crippen LogP contribution in [-0.2, 0) is 23.9 Å². The maximum Gasteiger partial charge on any atom is 0.355 e. The molecule has 10 nitrogen and oxygen atoms in total. The van der Waals surface area contributed by atoms with Crippen molar-refractivity contribution in [1.82, 2.24) is 0 Å². The van der Waals surface area contributed by atoms with Crippen LogP contribution in [0.4, 0.5) is 11.4 Å². The van der Waals surface area contributed by atoms with E-state index in [9.17, 15) is 19.6 Å². The molecular formula is C26H26N4O6. The lowest BCUT2D eigenvalue weighted by Crippen LogP contribution is -2.40. The fourth-order valence-electron chi connectivity index (χ4n) is 3.95. The molecule has 1 amide bonds. The number of rotatable bonds is 7. The first-order valence-corrected chi connectivity index (χ1v) is 11.0. The highest BCUT2D eigenvalue weighted by Gasteiger charge is 2.43. The molecule has 1 atom stereocenters. The Hall–Kier alpha value is -4.78. The van der Waals surface area contributed by atoms with Crippen molar-refractivity contribution in [2.75, 3.05) is 31.5 Å². The van der Waals surface area contributed by atoms with E-state index >= 15 is 0 Å². The Labute approximate surface area is 208 Å². The van der Waals surface area contributed by atoms with Crippen LogP contribution in [-0.4, -0.2) is 39.2 Å². The first-order valence-electron chi connectivity index (χ1n) is 11.0. The van der Waals surface area contributed by atoms with Crippen molar-refractivity contribution in [3.05, 3.63) is 76.8 Å². The lowest BCUT2D eigenvalue weighted by atomic mass is 9.81. The molecule has 0 fully saturated rings. The summed E-state index contributed by atoms with van der Waals surface area (Å²) in [5, 5.41) is 12.8. The number of esters is 2. The average molecular weight is 491 g/mol. The summed E-state index contributed by atoms with van der Waals surface area (Å²) in [5.74, 6) is -2.68. The normalized spacial score (nSPS) is 15.2. The van der Waals surface area contributed by atoms with Gasteiger partial charge >= 0.3 is 11.9 Å². The van der Waals surface area contributed by atoms with Crippen LogP contribution in [0, 0.1) is 11.3 Å². The molecule has 36 heavy (non-hydrogen) atoms. The van der Waals surface area contributed by atoms with Crippen LogP contribution in [0.5, 0.6) is 5.75 Å². The van der Waals surface area contributed by atoms with Gasteiger partial charge in [0.05, 0.1) is 55.8 Å². The van der Waals surface area contributed by atoms with Gasteiger partial charge in [0.15, 0.2) is 0 Å². The van der Waals surface area contributed by atoms with Crippen molar-refractivity contribution >= 4 is 29.2 Å². The molecule has 2 aromatic rings. The Morgan fingerprint density at radius 1 is 1.06 bits per heavy atom. The Bertz CT molecular complexity index is 1290. The van der Waals surface area contributed by atoms with E-state index in [0.29, 0.717) is 17.0 Å². The third-order valence-corrected chi connectivity index (χ3v) is 5.65. The van der Waals surface area contributed by atoms with E-state index in [-0.39, 0.29) is 40.7 Å². The number of hydrogen-bond acceptors (Lipinski definition) is 9. The van der Waals surface area contributed by atoms with Crippen molar-refractivity contribution < 1.29 is 28.6 Å². The van der Waals surface area contributed by atoms with Gasteiger partial charge in [0, 0.05) is 6.42 Å². The first-order chi connectivity index (χ1) is 17.3. The molecular weight excluding hydrogens is 464 g/mol.